The number of hydrogen-bond donors (Lipinski definition) is 2. The van der Waals surface area contributed by atoms with E-state index in [0.717, 1.165) is 10.5 Å². The van der Waals surface area contributed by atoms with Gasteiger partial charge in [0.15, 0.2) is 15.8 Å². The van der Waals surface area contributed by atoms with Gasteiger partial charge in [-0.2, -0.15) is 0 Å². The Morgan fingerprint density at radius 1 is 0.897 bits per heavy atom. The van der Waals surface area contributed by atoms with Crippen molar-refractivity contribution in [2.24, 2.45) is 0 Å². The van der Waals surface area contributed by atoms with Crippen molar-refractivity contribution >= 4 is 67.2 Å². The van der Waals surface area contributed by atoms with Crippen LogP contribution in [-0.4, -0.2) is 15.0 Å². The molecule has 5 nitrogen and oxygen atoms in total. The number of nitrogens with zero attached hydrogens (tertiary/aromatic N) is 3. The number of rotatable bonds is 5. The molecule has 0 bridgehead atoms. The largest absolute Gasteiger partial charge is 0.338 e. The lowest BCUT2D eigenvalue weighted by molar-refractivity contribution is 0.867. The van der Waals surface area contributed by atoms with Crippen LogP contribution in [0.1, 0.15) is 31.2 Å². The molecule has 2 aromatic heterocycles. The molecule has 0 amide bonds. The van der Waals surface area contributed by atoms with Crippen molar-refractivity contribution < 1.29 is 0 Å². The minimum atomic E-state index is 0.487. The van der Waals surface area contributed by atoms with E-state index < -0.39 is 0 Å². The minimum Gasteiger partial charge on any atom is -0.338 e. The van der Waals surface area contributed by atoms with Gasteiger partial charge in [0, 0.05) is 5.69 Å². The second kappa shape index (κ2) is 8.14. The lowest BCUT2D eigenvalue weighted by Crippen LogP contribution is -1.99. The molecule has 0 spiro atoms. The molecular formula is C21H19Cl2N5S. The van der Waals surface area contributed by atoms with Crippen molar-refractivity contribution in [3.8, 4) is 0 Å². The number of hydrogen-bond acceptors (Lipinski definition) is 6. The molecule has 0 atom stereocenters. The monoisotopic (exact) mass is 443 g/mol. The Balaban J connectivity index is 1.68. The van der Waals surface area contributed by atoms with Gasteiger partial charge in [0.25, 0.3) is 0 Å². The predicted molar refractivity (Wildman–Crippen MR) is 124 cm³/mol. The van der Waals surface area contributed by atoms with E-state index in [1.165, 1.54) is 16.9 Å². The van der Waals surface area contributed by atoms with Gasteiger partial charge in [-0.1, -0.05) is 66.6 Å². The van der Waals surface area contributed by atoms with Gasteiger partial charge >= 0.3 is 0 Å². The summed E-state index contributed by atoms with van der Waals surface area (Å²) in [7, 11) is 0. The Labute approximate surface area is 183 Å². The van der Waals surface area contributed by atoms with Crippen molar-refractivity contribution in [3.63, 3.8) is 0 Å². The van der Waals surface area contributed by atoms with Gasteiger partial charge in [-0.3, -0.25) is 0 Å². The number of nitrogens with one attached hydrogen (secondary N) is 2. The van der Waals surface area contributed by atoms with E-state index in [1.807, 2.05) is 19.1 Å². The Morgan fingerprint density at radius 3 is 2.24 bits per heavy atom. The van der Waals surface area contributed by atoms with E-state index in [0.29, 0.717) is 43.9 Å². The van der Waals surface area contributed by atoms with Crippen molar-refractivity contribution in [2.45, 2.75) is 26.7 Å². The van der Waals surface area contributed by atoms with E-state index in [2.05, 4.69) is 51.6 Å². The summed E-state index contributed by atoms with van der Waals surface area (Å²) in [5.41, 5.74) is 3.55. The van der Waals surface area contributed by atoms with Crippen LogP contribution in [0.3, 0.4) is 0 Å². The summed E-state index contributed by atoms with van der Waals surface area (Å²) in [5, 5.41) is 8.28. The standard InChI is InChI=1S/C21H19Cl2N5S/c1-11(2)13-7-9-14(10-8-13)26-19-18-20(25-12(3)24-19)29-21(28-18)27-17-15(22)5-4-6-16(17)23/h4-11H,1-3H3,(H,27,28)(H,24,25,26). The average molecular weight is 444 g/mol. The first-order chi connectivity index (χ1) is 13.9. The van der Waals surface area contributed by atoms with Crippen LogP contribution in [0.25, 0.3) is 10.3 Å². The molecule has 0 unspecified atom stereocenters. The third-order valence-corrected chi connectivity index (χ3v) is 5.90. The zero-order valence-corrected chi connectivity index (χ0v) is 18.5. The highest BCUT2D eigenvalue weighted by atomic mass is 35.5. The molecule has 0 fully saturated rings. The van der Waals surface area contributed by atoms with Gasteiger partial charge in [-0.25, -0.2) is 15.0 Å². The lowest BCUT2D eigenvalue weighted by Gasteiger charge is -2.09. The predicted octanol–water partition coefficient (Wildman–Crippen LogP) is 7.31. The van der Waals surface area contributed by atoms with Crippen LogP contribution in [0.2, 0.25) is 10.0 Å². The minimum absolute atomic E-state index is 0.487. The molecule has 2 heterocycles. The van der Waals surface area contributed by atoms with Crippen molar-refractivity contribution in [3.05, 3.63) is 63.9 Å². The van der Waals surface area contributed by atoms with E-state index in [1.54, 1.807) is 18.2 Å². The molecule has 2 aromatic carbocycles. The zero-order chi connectivity index (χ0) is 20.5. The van der Waals surface area contributed by atoms with Crippen LogP contribution in [0.5, 0.6) is 0 Å². The normalized spacial score (nSPS) is 11.2. The maximum Gasteiger partial charge on any atom is 0.190 e. The van der Waals surface area contributed by atoms with Crippen LogP contribution in [0.15, 0.2) is 42.5 Å². The summed E-state index contributed by atoms with van der Waals surface area (Å²) in [6.07, 6.45) is 0. The van der Waals surface area contributed by atoms with E-state index in [-0.39, 0.29) is 0 Å². The molecule has 29 heavy (non-hydrogen) atoms. The highest BCUT2D eigenvalue weighted by Crippen LogP contribution is 2.36. The Kier molecular flexibility index (Phi) is 5.58. The topological polar surface area (TPSA) is 62.7 Å². The quantitative estimate of drug-likeness (QED) is 0.338. The lowest BCUT2D eigenvalue weighted by atomic mass is 10.0. The summed E-state index contributed by atoms with van der Waals surface area (Å²) in [6, 6.07) is 13.7. The number of para-hydroxylation sites is 1. The Hall–Kier alpha value is -2.41. The van der Waals surface area contributed by atoms with Gasteiger partial charge in [0.1, 0.15) is 11.3 Å². The molecule has 0 aliphatic carbocycles. The molecule has 148 valence electrons. The van der Waals surface area contributed by atoms with Crippen molar-refractivity contribution in [2.75, 3.05) is 10.6 Å². The van der Waals surface area contributed by atoms with Crippen LogP contribution in [0, 0.1) is 6.92 Å². The summed E-state index contributed by atoms with van der Waals surface area (Å²) in [5.74, 6) is 1.82. The fraction of sp³-hybridized carbons (Fsp3) is 0.190. The first kappa shape index (κ1) is 19.9. The van der Waals surface area contributed by atoms with Crippen LogP contribution >= 0.6 is 34.5 Å². The summed E-state index contributed by atoms with van der Waals surface area (Å²) < 4.78 is 0. The molecule has 8 heteroatoms. The van der Waals surface area contributed by atoms with Crippen LogP contribution in [-0.2, 0) is 0 Å². The molecule has 0 saturated heterocycles. The van der Waals surface area contributed by atoms with E-state index in [4.69, 9.17) is 23.2 Å². The van der Waals surface area contributed by atoms with Gasteiger partial charge in [0.2, 0.25) is 0 Å². The Morgan fingerprint density at radius 2 is 1.59 bits per heavy atom. The number of aryl methyl sites for hydroxylation is 1. The number of fused-ring (bicyclic) bond motifs is 1. The van der Waals surface area contributed by atoms with Gasteiger partial charge in [-0.15, -0.1) is 0 Å². The molecular weight excluding hydrogens is 425 g/mol. The van der Waals surface area contributed by atoms with Gasteiger partial charge < -0.3 is 10.6 Å². The number of halogens is 2. The SMILES string of the molecule is Cc1nc(Nc2ccc(C(C)C)cc2)c2nc(Nc3c(Cl)cccc3Cl)sc2n1. The van der Waals surface area contributed by atoms with Crippen molar-refractivity contribution in [1.29, 1.82) is 0 Å². The maximum absolute atomic E-state index is 6.27. The third kappa shape index (κ3) is 4.29. The second-order valence-corrected chi connectivity index (χ2v) is 8.71. The fourth-order valence-electron chi connectivity index (χ4n) is 2.88. The molecule has 0 aliphatic rings. The third-order valence-electron chi connectivity index (χ3n) is 4.41. The Bertz CT molecular complexity index is 1150. The number of aromatic nitrogens is 3. The van der Waals surface area contributed by atoms with E-state index in [9.17, 15) is 0 Å². The molecule has 4 aromatic rings. The average Bonchev–Trinajstić information content (AvgIpc) is 3.08. The van der Waals surface area contributed by atoms with Crippen molar-refractivity contribution in [1.82, 2.24) is 15.0 Å². The zero-order valence-electron chi connectivity index (χ0n) is 16.1. The molecule has 0 radical (unpaired) electrons. The first-order valence-corrected chi connectivity index (χ1v) is 10.7. The molecule has 4 rings (SSSR count). The fourth-order valence-corrected chi connectivity index (χ4v) is 4.26. The van der Waals surface area contributed by atoms with E-state index >= 15 is 0 Å². The first-order valence-electron chi connectivity index (χ1n) is 9.14. The van der Waals surface area contributed by atoms with Crippen LogP contribution in [0.4, 0.5) is 22.3 Å². The van der Waals surface area contributed by atoms with Gasteiger partial charge in [0.05, 0.1) is 15.7 Å². The molecule has 0 aliphatic heterocycles. The second-order valence-electron chi connectivity index (χ2n) is 6.92. The number of anilines is 4. The summed E-state index contributed by atoms with van der Waals surface area (Å²) >= 11 is 14.0. The maximum atomic E-state index is 6.27. The number of benzene rings is 2. The highest BCUT2D eigenvalue weighted by Gasteiger charge is 2.15. The smallest absolute Gasteiger partial charge is 0.190 e. The molecule has 2 N–H and O–H groups in total. The number of thiazole rings is 1. The molecule has 0 saturated carbocycles. The van der Waals surface area contributed by atoms with Crippen LogP contribution < -0.4 is 10.6 Å². The summed E-state index contributed by atoms with van der Waals surface area (Å²) in [6.45, 7) is 6.22. The van der Waals surface area contributed by atoms with Gasteiger partial charge in [-0.05, 0) is 42.7 Å². The highest BCUT2D eigenvalue weighted by molar-refractivity contribution is 7.21. The summed E-state index contributed by atoms with van der Waals surface area (Å²) in [4.78, 5) is 14.5.